The Kier molecular flexibility index (Phi) is 7.25. The van der Waals surface area contributed by atoms with Gasteiger partial charge in [-0.25, -0.2) is 0 Å². The van der Waals surface area contributed by atoms with Crippen molar-refractivity contribution in [1.82, 2.24) is 5.32 Å². The molecule has 0 spiro atoms. The van der Waals surface area contributed by atoms with E-state index in [0.717, 1.165) is 37.9 Å². The van der Waals surface area contributed by atoms with Gasteiger partial charge in [0, 0.05) is 30.5 Å². The maximum Gasteiger partial charge on any atom is 0.220 e. The standard InChI is InChI=1S/C19H28N2O3/c1-2-13-24-17-9-3-14(4-10-17)18(22)11-12-19(23)21-16-7-5-15(20)6-8-16/h3-4,9-10,15-16H,2,5-8,11-13,20H2,1H3,(H,21,23). The number of nitrogens with two attached hydrogens (primary N) is 1. The molecule has 0 saturated heterocycles. The van der Waals surface area contributed by atoms with Crippen LogP contribution in [0.5, 0.6) is 5.75 Å². The van der Waals surface area contributed by atoms with Crippen molar-refractivity contribution in [3.63, 3.8) is 0 Å². The van der Waals surface area contributed by atoms with Crippen molar-refractivity contribution in [2.45, 2.75) is 64.0 Å². The lowest BCUT2D eigenvalue weighted by Gasteiger charge is -2.26. The van der Waals surface area contributed by atoms with Crippen LogP contribution in [0.4, 0.5) is 0 Å². The number of ketones is 1. The summed E-state index contributed by atoms with van der Waals surface area (Å²) in [6, 6.07) is 7.59. The van der Waals surface area contributed by atoms with Crippen LogP contribution < -0.4 is 15.8 Å². The molecule has 24 heavy (non-hydrogen) atoms. The monoisotopic (exact) mass is 332 g/mol. The third-order valence-corrected chi connectivity index (χ3v) is 4.37. The van der Waals surface area contributed by atoms with Crippen LogP contribution in [-0.4, -0.2) is 30.4 Å². The fraction of sp³-hybridized carbons (Fsp3) is 0.579. The molecule has 132 valence electrons. The second-order valence-corrected chi connectivity index (χ2v) is 6.48. The van der Waals surface area contributed by atoms with Crippen LogP contribution in [0.2, 0.25) is 0 Å². The first-order valence-electron chi connectivity index (χ1n) is 8.89. The zero-order valence-electron chi connectivity index (χ0n) is 14.4. The van der Waals surface area contributed by atoms with E-state index in [2.05, 4.69) is 5.32 Å². The van der Waals surface area contributed by atoms with Crippen molar-refractivity contribution >= 4 is 11.7 Å². The van der Waals surface area contributed by atoms with Gasteiger partial charge in [-0.1, -0.05) is 6.92 Å². The Hall–Kier alpha value is -1.88. The van der Waals surface area contributed by atoms with Gasteiger partial charge in [0.05, 0.1) is 6.61 Å². The predicted octanol–water partition coefficient (Wildman–Crippen LogP) is 2.82. The number of carbonyl (C=O) groups is 2. The Morgan fingerprint density at radius 1 is 1.12 bits per heavy atom. The number of benzene rings is 1. The Morgan fingerprint density at radius 2 is 1.79 bits per heavy atom. The highest BCUT2D eigenvalue weighted by atomic mass is 16.5. The van der Waals surface area contributed by atoms with E-state index in [9.17, 15) is 9.59 Å². The topological polar surface area (TPSA) is 81.4 Å². The minimum atomic E-state index is -0.0493. The van der Waals surface area contributed by atoms with Crippen molar-refractivity contribution in [3.05, 3.63) is 29.8 Å². The molecule has 2 rings (SSSR count). The molecule has 1 saturated carbocycles. The first-order chi connectivity index (χ1) is 11.6. The van der Waals surface area contributed by atoms with Crippen LogP contribution in [-0.2, 0) is 4.79 Å². The van der Waals surface area contributed by atoms with E-state index in [1.807, 2.05) is 6.92 Å². The first kappa shape index (κ1) is 18.5. The van der Waals surface area contributed by atoms with Crippen molar-refractivity contribution in [1.29, 1.82) is 0 Å². The minimum absolute atomic E-state index is 0.0159. The molecule has 1 aliphatic carbocycles. The maximum atomic E-state index is 12.2. The van der Waals surface area contributed by atoms with Gasteiger partial charge in [-0.05, 0) is 56.4 Å². The van der Waals surface area contributed by atoms with Crippen LogP contribution in [0.15, 0.2) is 24.3 Å². The fourth-order valence-electron chi connectivity index (χ4n) is 2.89. The third-order valence-electron chi connectivity index (χ3n) is 4.37. The summed E-state index contributed by atoms with van der Waals surface area (Å²) in [5, 5.41) is 3.01. The van der Waals surface area contributed by atoms with Crippen LogP contribution in [0, 0.1) is 0 Å². The summed E-state index contributed by atoms with van der Waals surface area (Å²) in [5.41, 5.74) is 6.48. The minimum Gasteiger partial charge on any atom is -0.494 e. The SMILES string of the molecule is CCCOc1ccc(C(=O)CCC(=O)NC2CCC(N)CC2)cc1. The van der Waals surface area contributed by atoms with E-state index in [4.69, 9.17) is 10.5 Å². The molecule has 0 radical (unpaired) electrons. The van der Waals surface area contributed by atoms with Gasteiger partial charge in [-0.2, -0.15) is 0 Å². The number of ether oxygens (including phenoxy) is 1. The van der Waals surface area contributed by atoms with Crippen LogP contribution in [0.25, 0.3) is 0 Å². The highest BCUT2D eigenvalue weighted by molar-refractivity contribution is 5.98. The second kappa shape index (κ2) is 9.42. The summed E-state index contributed by atoms with van der Waals surface area (Å²) in [4.78, 5) is 24.2. The van der Waals surface area contributed by atoms with E-state index in [0.29, 0.717) is 12.2 Å². The third kappa shape index (κ3) is 5.96. The predicted molar refractivity (Wildman–Crippen MR) is 94.2 cm³/mol. The molecular weight excluding hydrogens is 304 g/mol. The molecule has 0 heterocycles. The van der Waals surface area contributed by atoms with Gasteiger partial charge >= 0.3 is 0 Å². The molecule has 1 aromatic carbocycles. The lowest BCUT2D eigenvalue weighted by molar-refractivity contribution is -0.122. The summed E-state index contributed by atoms with van der Waals surface area (Å²) in [6.45, 7) is 2.71. The molecule has 5 nitrogen and oxygen atoms in total. The summed E-state index contributed by atoms with van der Waals surface area (Å²) in [7, 11) is 0. The molecule has 3 N–H and O–H groups in total. The lowest BCUT2D eigenvalue weighted by atomic mass is 9.91. The number of hydrogen-bond acceptors (Lipinski definition) is 4. The van der Waals surface area contributed by atoms with Crippen LogP contribution in [0.1, 0.15) is 62.2 Å². The number of hydrogen-bond donors (Lipinski definition) is 2. The molecule has 0 aromatic heterocycles. The van der Waals surface area contributed by atoms with Gasteiger partial charge in [-0.15, -0.1) is 0 Å². The van der Waals surface area contributed by atoms with E-state index >= 15 is 0 Å². The molecule has 1 amide bonds. The van der Waals surface area contributed by atoms with Crippen molar-refractivity contribution in [2.75, 3.05) is 6.61 Å². The number of rotatable bonds is 8. The molecule has 1 aromatic rings. The molecule has 1 fully saturated rings. The molecule has 0 aliphatic heterocycles. The highest BCUT2D eigenvalue weighted by Crippen LogP contribution is 2.17. The Balaban J connectivity index is 1.72. The summed E-state index contributed by atoms with van der Waals surface area (Å²) >= 11 is 0. The van der Waals surface area contributed by atoms with Crippen molar-refractivity contribution in [2.24, 2.45) is 5.73 Å². The average Bonchev–Trinajstić information content (AvgIpc) is 2.60. The zero-order chi connectivity index (χ0) is 17.4. The molecule has 0 bridgehead atoms. The summed E-state index contributed by atoms with van der Waals surface area (Å²) < 4.78 is 5.50. The summed E-state index contributed by atoms with van der Waals surface area (Å²) in [6.07, 6.45) is 5.18. The maximum absolute atomic E-state index is 12.2. The smallest absolute Gasteiger partial charge is 0.220 e. The molecule has 0 unspecified atom stereocenters. The van der Waals surface area contributed by atoms with E-state index in [1.165, 1.54) is 0 Å². The van der Waals surface area contributed by atoms with Crippen molar-refractivity contribution in [3.8, 4) is 5.75 Å². The number of carbonyl (C=O) groups excluding carboxylic acids is 2. The number of amides is 1. The molecule has 1 aliphatic rings. The molecule has 5 heteroatoms. The average molecular weight is 332 g/mol. The van der Waals surface area contributed by atoms with Gasteiger partial charge in [0.15, 0.2) is 5.78 Å². The summed E-state index contributed by atoms with van der Waals surface area (Å²) in [5.74, 6) is 0.700. The number of nitrogens with one attached hydrogen (secondary N) is 1. The van der Waals surface area contributed by atoms with Gasteiger partial charge in [0.1, 0.15) is 5.75 Å². The number of Topliss-reactive ketones (excluding diaryl/α,β-unsaturated/α-hetero) is 1. The fourth-order valence-corrected chi connectivity index (χ4v) is 2.89. The van der Waals surface area contributed by atoms with E-state index in [-0.39, 0.29) is 36.6 Å². The van der Waals surface area contributed by atoms with Crippen LogP contribution >= 0.6 is 0 Å². The Bertz CT molecular complexity index is 534. The van der Waals surface area contributed by atoms with E-state index in [1.54, 1.807) is 24.3 Å². The Labute approximate surface area is 143 Å². The van der Waals surface area contributed by atoms with Gasteiger partial charge in [-0.3, -0.25) is 9.59 Å². The van der Waals surface area contributed by atoms with Gasteiger partial charge < -0.3 is 15.8 Å². The zero-order valence-corrected chi connectivity index (χ0v) is 14.4. The van der Waals surface area contributed by atoms with Gasteiger partial charge in [0.2, 0.25) is 5.91 Å². The second-order valence-electron chi connectivity index (χ2n) is 6.48. The largest absolute Gasteiger partial charge is 0.494 e. The lowest BCUT2D eigenvalue weighted by Crippen LogP contribution is -2.40. The quantitative estimate of drug-likeness (QED) is 0.717. The van der Waals surface area contributed by atoms with Crippen LogP contribution in [0.3, 0.4) is 0 Å². The highest BCUT2D eigenvalue weighted by Gasteiger charge is 2.20. The van der Waals surface area contributed by atoms with Crippen molar-refractivity contribution < 1.29 is 14.3 Å². The molecule has 0 atom stereocenters. The normalized spacial score (nSPS) is 20.4. The van der Waals surface area contributed by atoms with Gasteiger partial charge in [0.25, 0.3) is 0 Å². The molecular formula is C19H28N2O3. The van der Waals surface area contributed by atoms with E-state index < -0.39 is 0 Å². The first-order valence-corrected chi connectivity index (χ1v) is 8.89. The Morgan fingerprint density at radius 3 is 2.42 bits per heavy atom.